The molecular formula is C19H21NOS. The maximum Gasteiger partial charge on any atom is 0.193 e. The standard InChI is InChI=1S/C19H21NOS/c1-15-4-2-3-5-18(15)19(21)17-8-6-16(7-9-17)14-20-10-12-22-13-11-20/h2-9H,10-14H2,1H3. The number of thioether (sulfide) groups is 1. The van der Waals surface area contributed by atoms with Crippen molar-refractivity contribution in [3.63, 3.8) is 0 Å². The first kappa shape index (κ1) is 15.3. The van der Waals surface area contributed by atoms with Crippen LogP contribution in [0.3, 0.4) is 0 Å². The average Bonchev–Trinajstić information content (AvgIpc) is 2.56. The van der Waals surface area contributed by atoms with Crippen LogP contribution >= 0.6 is 11.8 Å². The summed E-state index contributed by atoms with van der Waals surface area (Å²) in [5.74, 6) is 2.56. The molecule has 1 heterocycles. The highest BCUT2D eigenvalue weighted by Crippen LogP contribution is 2.17. The van der Waals surface area contributed by atoms with Gasteiger partial charge < -0.3 is 0 Å². The Morgan fingerprint density at radius 1 is 1.05 bits per heavy atom. The Bertz CT molecular complexity index is 645. The average molecular weight is 311 g/mol. The van der Waals surface area contributed by atoms with Crippen LogP contribution in [0.15, 0.2) is 48.5 Å². The topological polar surface area (TPSA) is 20.3 Å². The Balaban J connectivity index is 1.71. The molecule has 3 rings (SSSR count). The quantitative estimate of drug-likeness (QED) is 0.802. The fourth-order valence-corrected chi connectivity index (χ4v) is 3.74. The zero-order valence-electron chi connectivity index (χ0n) is 12.9. The minimum atomic E-state index is 0.110. The summed E-state index contributed by atoms with van der Waals surface area (Å²) < 4.78 is 0. The van der Waals surface area contributed by atoms with E-state index >= 15 is 0 Å². The van der Waals surface area contributed by atoms with E-state index < -0.39 is 0 Å². The lowest BCUT2D eigenvalue weighted by Crippen LogP contribution is -2.31. The molecular weight excluding hydrogens is 290 g/mol. The molecule has 0 aromatic heterocycles. The first-order chi connectivity index (χ1) is 10.7. The molecule has 0 aliphatic carbocycles. The summed E-state index contributed by atoms with van der Waals surface area (Å²) in [6, 6.07) is 15.9. The minimum Gasteiger partial charge on any atom is -0.297 e. The third-order valence-electron chi connectivity index (χ3n) is 4.12. The van der Waals surface area contributed by atoms with Crippen LogP contribution in [-0.4, -0.2) is 35.3 Å². The second-order valence-electron chi connectivity index (χ2n) is 5.73. The van der Waals surface area contributed by atoms with E-state index in [2.05, 4.69) is 17.0 Å². The van der Waals surface area contributed by atoms with Crippen molar-refractivity contribution < 1.29 is 4.79 Å². The predicted molar refractivity (Wildman–Crippen MR) is 93.7 cm³/mol. The molecule has 114 valence electrons. The molecule has 0 unspecified atom stereocenters. The molecule has 22 heavy (non-hydrogen) atoms. The van der Waals surface area contributed by atoms with Gasteiger partial charge in [-0.15, -0.1) is 0 Å². The highest BCUT2D eigenvalue weighted by molar-refractivity contribution is 7.99. The van der Waals surface area contributed by atoms with Gasteiger partial charge in [0.25, 0.3) is 0 Å². The second kappa shape index (κ2) is 7.12. The van der Waals surface area contributed by atoms with E-state index in [0.29, 0.717) is 0 Å². The molecule has 1 saturated heterocycles. The van der Waals surface area contributed by atoms with E-state index in [1.807, 2.05) is 55.1 Å². The summed E-state index contributed by atoms with van der Waals surface area (Å²) in [5.41, 5.74) is 3.88. The fourth-order valence-electron chi connectivity index (χ4n) is 2.76. The number of nitrogens with zero attached hydrogens (tertiary/aromatic N) is 1. The molecule has 2 aromatic carbocycles. The third-order valence-corrected chi connectivity index (χ3v) is 5.06. The summed E-state index contributed by atoms with van der Waals surface area (Å²) in [7, 11) is 0. The Morgan fingerprint density at radius 2 is 1.73 bits per heavy atom. The largest absolute Gasteiger partial charge is 0.297 e. The van der Waals surface area contributed by atoms with Gasteiger partial charge in [-0.2, -0.15) is 11.8 Å². The zero-order chi connectivity index (χ0) is 15.4. The highest BCUT2D eigenvalue weighted by Gasteiger charge is 2.13. The maximum absolute atomic E-state index is 12.6. The van der Waals surface area contributed by atoms with E-state index in [1.165, 1.54) is 17.1 Å². The van der Waals surface area contributed by atoms with Crippen LogP contribution in [0, 0.1) is 6.92 Å². The SMILES string of the molecule is Cc1ccccc1C(=O)c1ccc(CN2CCSCC2)cc1. The van der Waals surface area contributed by atoms with Crippen LogP contribution in [-0.2, 0) is 6.54 Å². The molecule has 1 aliphatic heterocycles. The van der Waals surface area contributed by atoms with Gasteiger partial charge >= 0.3 is 0 Å². The van der Waals surface area contributed by atoms with Crippen molar-refractivity contribution in [2.24, 2.45) is 0 Å². The predicted octanol–water partition coefficient (Wildman–Crippen LogP) is 3.77. The normalized spacial score (nSPS) is 15.7. The summed E-state index contributed by atoms with van der Waals surface area (Å²) in [5, 5.41) is 0. The Morgan fingerprint density at radius 3 is 2.41 bits per heavy atom. The van der Waals surface area contributed by atoms with Crippen LogP contribution in [0.1, 0.15) is 27.0 Å². The lowest BCUT2D eigenvalue weighted by Gasteiger charge is -2.26. The number of rotatable bonds is 4. The Labute approximate surface area is 136 Å². The van der Waals surface area contributed by atoms with E-state index in [4.69, 9.17) is 0 Å². The van der Waals surface area contributed by atoms with Crippen LogP contribution < -0.4 is 0 Å². The van der Waals surface area contributed by atoms with Crippen LogP contribution in [0.25, 0.3) is 0 Å². The summed E-state index contributed by atoms with van der Waals surface area (Å²) in [6.07, 6.45) is 0. The molecule has 0 amide bonds. The molecule has 0 bridgehead atoms. The molecule has 0 spiro atoms. The van der Waals surface area contributed by atoms with E-state index in [-0.39, 0.29) is 5.78 Å². The molecule has 1 aliphatic rings. The van der Waals surface area contributed by atoms with Gasteiger partial charge in [0, 0.05) is 42.3 Å². The lowest BCUT2D eigenvalue weighted by molar-refractivity contribution is 0.103. The van der Waals surface area contributed by atoms with Crippen molar-refractivity contribution in [2.75, 3.05) is 24.6 Å². The molecule has 3 heteroatoms. The van der Waals surface area contributed by atoms with Crippen molar-refractivity contribution in [3.05, 3.63) is 70.8 Å². The number of hydrogen-bond acceptors (Lipinski definition) is 3. The van der Waals surface area contributed by atoms with Crippen molar-refractivity contribution in [1.82, 2.24) is 4.90 Å². The van der Waals surface area contributed by atoms with Crippen molar-refractivity contribution in [1.29, 1.82) is 0 Å². The number of hydrogen-bond donors (Lipinski definition) is 0. The number of aryl methyl sites for hydroxylation is 1. The summed E-state index contributed by atoms with van der Waals surface area (Å²) in [6.45, 7) is 5.29. The number of benzene rings is 2. The second-order valence-corrected chi connectivity index (χ2v) is 6.95. The van der Waals surface area contributed by atoms with Crippen molar-refractivity contribution >= 4 is 17.5 Å². The molecule has 2 nitrogen and oxygen atoms in total. The number of carbonyl (C=O) groups excluding carboxylic acids is 1. The van der Waals surface area contributed by atoms with Gasteiger partial charge in [0.15, 0.2) is 5.78 Å². The monoisotopic (exact) mass is 311 g/mol. The smallest absolute Gasteiger partial charge is 0.193 e. The number of ketones is 1. The third kappa shape index (κ3) is 3.60. The summed E-state index contributed by atoms with van der Waals surface area (Å²) in [4.78, 5) is 15.0. The molecule has 0 saturated carbocycles. The van der Waals surface area contributed by atoms with Crippen molar-refractivity contribution in [3.8, 4) is 0 Å². The number of carbonyl (C=O) groups is 1. The van der Waals surface area contributed by atoms with Gasteiger partial charge in [-0.3, -0.25) is 9.69 Å². The van der Waals surface area contributed by atoms with Gasteiger partial charge in [0.1, 0.15) is 0 Å². The Hall–Kier alpha value is -1.58. The van der Waals surface area contributed by atoms with Crippen LogP contribution in [0.5, 0.6) is 0 Å². The molecule has 1 fully saturated rings. The van der Waals surface area contributed by atoms with Gasteiger partial charge in [-0.1, -0.05) is 48.5 Å². The first-order valence-electron chi connectivity index (χ1n) is 7.73. The highest BCUT2D eigenvalue weighted by atomic mass is 32.2. The van der Waals surface area contributed by atoms with Gasteiger partial charge in [0.2, 0.25) is 0 Å². The van der Waals surface area contributed by atoms with E-state index in [1.54, 1.807) is 0 Å². The van der Waals surface area contributed by atoms with Gasteiger partial charge in [-0.05, 0) is 18.1 Å². The first-order valence-corrected chi connectivity index (χ1v) is 8.89. The summed E-state index contributed by atoms with van der Waals surface area (Å²) >= 11 is 2.03. The van der Waals surface area contributed by atoms with Gasteiger partial charge in [-0.25, -0.2) is 0 Å². The molecule has 2 aromatic rings. The fraction of sp³-hybridized carbons (Fsp3) is 0.316. The lowest BCUT2D eigenvalue weighted by atomic mass is 9.98. The van der Waals surface area contributed by atoms with Crippen LogP contribution in [0.4, 0.5) is 0 Å². The van der Waals surface area contributed by atoms with E-state index in [0.717, 1.165) is 36.3 Å². The van der Waals surface area contributed by atoms with E-state index in [9.17, 15) is 4.79 Å². The zero-order valence-corrected chi connectivity index (χ0v) is 13.7. The minimum absolute atomic E-state index is 0.110. The molecule has 0 atom stereocenters. The van der Waals surface area contributed by atoms with Crippen molar-refractivity contribution in [2.45, 2.75) is 13.5 Å². The molecule has 0 N–H and O–H groups in total. The van der Waals surface area contributed by atoms with Crippen LogP contribution in [0.2, 0.25) is 0 Å². The maximum atomic E-state index is 12.6. The van der Waals surface area contributed by atoms with Gasteiger partial charge in [0.05, 0.1) is 0 Å². The Kier molecular flexibility index (Phi) is 4.96. The molecule has 0 radical (unpaired) electrons.